The zero-order valence-electron chi connectivity index (χ0n) is 19.7. The van der Waals surface area contributed by atoms with Crippen LogP contribution in [0.15, 0.2) is 48.0 Å². The predicted molar refractivity (Wildman–Crippen MR) is 143 cm³/mol. The summed E-state index contributed by atoms with van der Waals surface area (Å²) in [4.78, 5) is 16.4. The maximum absolute atomic E-state index is 13.2. The summed E-state index contributed by atoms with van der Waals surface area (Å²) in [5, 5.41) is 3.50. The molecule has 0 radical (unpaired) electrons. The van der Waals surface area contributed by atoms with Gasteiger partial charge in [0.2, 0.25) is 0 Å². The standard InChI is InChI=1S/C24H36FN7.HI/c1-3-27-24(31-11-8-20(2)23(18-31)32-13-9-26-19-32)28-10-12-29-14-16-30(17-15-29)22-6-4-21(25)5-7-22;/h4-7,9,13,19-20,23H,3,8,10-12,14-18H2,1-2H3,(H,27,28);1H. The highest BCUT2D eigenvalue weighted by Gasteiger charge is 2.29. The summed E-state index contributed by atoms with van der Waals surface area (Å²) in [6.45, 7) is 13.0. The van der Waals surface area contributed by atoms with E-state index in [1.54, 1.807) is 0 Å². The van der Waals surface area contributed by atoms with Crippen LogP contribution in [0.2, 0.25) is 0 Å². The minimum absolute atomic E-state index is 0. The van der Waals surface area contributed by atoms with E-state index in [0.717, 1.165) is 77.0 Å². The first kappa shape index (κ1) is 25.7. The molecule has 2 aliphatic heterocycles. The molecule has 0 amide bonds. The van der Waals surface area contributed by atoms with E-state index in [4.69, 9.17) is 4.99 Å². The van der Waals surface area contributed by atoms with E-state index < -0.39 is 0 Å². The van der Waals surface area contributed by atoms with E-state index in [-0.39, 0.29) is 29.8 Å². The van der Waals surface area contributed by atoms with Gasteiger partial charge in [0.05, 0.1) is 18.9 Å². The zero-order valence-corrected chi connectivity index (χ0v) is 22.1. The quantitative estimate of drug-likeness (QED) is 0.329. The molecular weight excluding hydrogens is 532 g/mol. The van der Waals surface area contributed by atoms with Gasteiger partial charge in [-0.05, 0) is 43.5 Å². The van der Waals surface area contributed by atoms with Gasteiger partial charge in [-0.15, -0.1) is 24.0 Å². The minimum atomic E-state index is -0.179. The molecule has 0 saturated carbocycles. The first-order valence-electron chi connectivity index (χ1n) is 11.9. The second-order valence-corrected chi connectivity index (χ2v) is 8.83. The van der Waals surface area contributed by atoms with Gasteiger partial charge in [-0.2, -0.15) is 0 Å². The van der Waals surface area contributed by atoms with Gasteiger partial charge < -0.3 is 19.7 Å². The van der Waals surface area contributed by atoms with Gasteiger partial charge in [-0.3, -0.25) is 9.89 Å². The number of hydrogen-bond acceptors (Lipinski definition) is 4. The molecular formula is C24H37FIN7. The van der Waals surface area contributed by atoms with E-state index in [1.165, 1.54) is 12.1 Å². The highest BCUT2D eigenvalue weighted by molar-refractivity contribution is 14.0. The average Bonchev–Trinajstić information content (AvgIpc) is 3.35. The third-order valence-corrected chi connectivity index (χ3v) is 6.70. The first-order valence-corrected chi connectivity index (χ1v) is 11.9. The maximum Gasteiger partial charge on any atom is 0.194 e. The van der Waals surface area contributed by atoms with Gasteiger partial charge >= 0.3 is 0 Å². The van der Waals surface area contributed by atoms with Gasteiger partial charge in [0.25, 0.3) is 0 Å². The maximum atomic E-state index is 13.2. The second kappa shape index (κ2) is 12.5. The normalized spacial score (nSPS) is 22.2. The van der Waals surface area contributed by atoms with E-state index in [9.17, 15) is 4.39 Å². The lowest BCUT2D eigenvalue weighted by Gasteiger charge is -2.39. The molecule has 7 nitrogen and oxygen atoms in total. The number of likely N-dealkylation sites (tertiary alicyclic amines) is 1. The molecule has 1 aromatic carbocycles. The number of rotatable bonds is 6. The molecule has 2 fully saturated rings. The monoisotopic (exact) mass is 569 g/mol. The lowest BCUT2D eigenvalue weighted by molar-refractivity contribution is 0.188. The average molecular weight is 570 g/mol. The van der Waals surface area contributed by atoms with Crippen LogP contribution in [0.3, 0.4) is 0 Å². The number of nitrogens with one attached hydrogen (secondary N) is 1. The molecule has 2 unspecified atom stereocenters. The third kappa shape index (κ3) is 6.81. The number of imidazole rings is 1. The predicted octanol–water partition coefficient (Wildman–Crippen LogP) is 3.31. The number of guanidine groups is 1. The summed E-state index contributed by atoms with van der Waals surface area (Å²) >= 11 is 0. The second-order valence-electron chi connectivity index (χ2n) is 8.83. The number of benzene rings is 1. The van der Waals surface area contributed by atoms with Crippen molar-refractivity contribution in [2.24, 2.45) is 10.9 Å². The van der Waals surface area contributed by atoms with Crippen LogP contribution in [0.25, 0.3) is 0 Å². The molecule has 2 saturated heterocycles. The van der Waals surface area contributed by atoms with Crippen molar-refractivity contribution in [3.63, 3.8) is 0 Å². The van der Waals surface area contributed by atoms with Crippen LogP contribution >= 0.6 is 24.0 Å². The van der Waals surface area contributed by atoms with Gasteiger partial charge in [-0.1, -0.05) is 6.92 Å². The zero-order chi connectivity index (χ0) is 22.3. The van der Waals surface area contributed by atoms with Crippen molar-refractivity contribution in [3.8, 4) is 0 Å². The topological polar surface area (TPSA) is 51.9 Å². The molecule has 2 atom stereocenters. The molecule has 2 aliphatic rings. The Balaban J connectivity index is 0.00000306. The number of anilines is 1. The Bertz CT molecular complexity index is 850. The van der Waals surface area contributed by atoms with Crippen LogP contribution in [-0.2, 0) is 0 Å². The van der Waals surface area contributed by atoms with E-state index in [1.807, 2.05) is 24.7 Å². The summed E-state index contributed by atoms with van der Waals surface area (Å²) in [7, 11) is 0. The van der Waals surface area contributed by atoms with E-state index in [2.05, 4.69) is 49.6 Å². The number of aliphatic imine (C=N–C) groups is 1. The summed E-state index contributed by atoms with van der Waals surface area (Å²) in [5.74, 6) is 1.47. The lowest BCUT2D eigenvalue weighted by atomic mass is 9.93. The van der Waals surface area contributed by atoms with E-state index >= 15 is 0 Å². The summed E-state index contributed by atoms with van der Waals surface area (Å²) in [6, 6.07) is 7.24. The first-order chi connectivity index (χ1) is 15.6. The minimum Gasteiger partial charge on any atom is -0.369 e. The molecule has 2 aromatic rings. The largest absolute Gasteiger partial charge is 0.369 e. The molecule has 0 bridgehead atoms. The molecule has 4 rings (SSSR count). The SMILES string of the molecule is CCNC(=NCCN1CCN(c2ccc(F)cc2)CC1)N1CCC(C)C(n2ccnc2)C1.I. The number of hydrogen-bond donors (Lipinski definition) is 1. The highest BCUT2D eigenvalue weighted by atomic mass is 127. The molecule has 9 heteroatoms. The van der Waals surface area contributed by atoms with Gasteiger partial charge in [0.15, 0.2) is 5.96 Å². The highest BCUT2D eigenvalue weighted by Crippen LogP contribution is 2.27. The Kier molecular flexibility index (Phi) is 9.78. The molecule has 1 aromatic heterocycles. The van der Waals surface area contributed by atoms with Crippen molar-refractivity contribution < 1.29 is 4.39 Å². The van der Waals surface area contributed by atoms with E-state index in [0.29, 0.717) is 12.0 Å². The Hall–Kier alpha value is -1.88. The molecule has 0 aliphatic carbocycles. The van der Waals surface area contributed by atoms with Crippen molar-refractivity contribution in [2.45, 2.75) is 26.3 Å². The third-order valence-electron chi connectivity index (χ3n) is 6.70. The Labute approximate surface area is 214 Å². The Morgan fingerprint density at radius 1 is 1.15 bits per heavy atom. The number of halogens is 2. The van der Waals surface area contributed by atoms with Gasteiger partial charge in [0, 0.05) is 70.4 Å². The van der Waals surface area contributed by atoms with Crippen LogP contribution in [-0.4, -0.2) is 84.2 Å². The van der Waals surface area contributed by atoms with Gasteiger partial charge in [-0.25, -0.2) is 9.37 Å². The summed E-state index contributed by atoms with van der Waals surface area (Å²) in [6.07, 6.45) is 7.01. The number of piperidine rings is 1. The van der Waals surface area contributed by atoms with Crippen LogP contribution < -0.4 is 10.2 Å². The lowest BCUT2D eigenvalue weighted by Crippen LogP contribution is -2.49. The number of aromatic nitrogens is 2. The fourth-order valence-corrected chi connectivity index (χ4v) is 4.70. The molecule has 3 heterocycles. The number of piperazine rings is 1. The fourth-order valence-electron chi connectivity index (χ4n) is 4.70. The summed E-state index contributed by atoms with van der Waals surface area (Å²) in [5.41, 5.74) is 1.10. The van der Waals surface area contributed by atoms with Crippen molar-refractivity contribution in [2.75, 3.05) is 63.8 Å². The van der Waals surface area contributed by atoms with Crippen molar-refractivity contribution in [1.29, 1.82) is 0 Å². The number of nitrogens with zero attached hydrogens (tertiary/aromatic N) is 6. The van der Waals surface area contributed by atoms with Crippen LogP contribution in [0.4, 0.5) is 10.1 Å². The Morgan fingerprint density at radius 3 is 2.58 bits per heavy atom. The molecule has 33 heavy (non-hydrogen) atoms. The molecule has 0 spiro atoms. The molecule has 1 N–H and O–H groups in total. The van der Waals surface area contributed by atoms with Crippen molar-refractivity contribution in [3.05, 3.63) is 48.8 Å². The smallest absolute Gasteiger partial charge is 0.194 e. The fraction of sp³-hybridized carbons (Fsp3) is 0.583. The molecule has 182 valence electrons. The van der Waals surface area contributed by atoms with Crippen molar-refractivity contribution in [1.82, 2.24) is 24.7 Å². The van der Waals surface area contributed by atoms with Crippen LogP contribution in [0.5, 0.6) is 0 Å². The van der Waals surface area contributed by atoms with Gasteiger partial charge in [0.1, 0.15) is 5.82 Å². The van der Waals surface area contributed by atoms with Crippen LogP contribution in [0, 0.1) is 11.7 Å². The van der Waals surface area contributed by atoms with Crippen LogP contribution in [0.1, 0.15) is 26.3 Å². The van der Waals surface area contributed by atoms with Crippen molar-refractivity contribution >= 4 is 35.6 Å². The summed E-state index contributed by atoms with van der Waals surface area (Å²) < 4.78 is 15.4. The Morgan fingerprint density at radius 2 is 1.91 bits per heavy atom.